The summed E-state index contributed by atoms with van der Waals surface area (Å²) in [6.07, 6.45) is -3.36. The highest BCUT2D eigenvalue weighted by atomic mass is 19.4. The molecule has 1 unspecified atom stereocenters. The minimum Gasteiger partial charge on any atom is -0.493 e. The van der Waals surface area contributed by atoms with Crippen LogP contribution >= 0.6 is 0 Å². The summed E-state index contributed by atoms with van der Waals surface area (Å²) in [6.45, 7) is 0.381. The Morgan fingerprint density at radius 1 is 0.944 bits per heavy atom. The highest BCUT2D eigenvalue weighted by Crippen LogP contribution is 2.36. The molecule has 1 atom stereocenters. The molecule has 5 nitrogen and oxygen atoms in total. The molecule has 0 heterocycles. The van der Waals surface area contributed by atoms with Crippen LogP contribution in [-0.4, -0.2) is 33.7 Å². The van der Waals surface area contributed by atoms with Gasteiger partial charge in [-0.25, -0.2) is 4.39 Å². The van der Waals surface area contributed by atoms with E-state index in [4.69, 9.17) is 9.47 Å². The number of methoxy groups -OCH3 is 2. The molecule has 0 aliphatic heterocycles. The van der Waals surface area contributed by atoms with Crippen LogP contribution in [0.15, 0.2) is 66.7 Å². The van der Waals surface area contributed by atoms with Crippen LogP contribution in [0.2, 0.25) is 0 Å². The van der Waals surface area contributed by atoms with Crippen molar-refractivity contribution < 1.29 is 31.8 Å². The van der Waals surface area contributed by atoms with Crippen LogP contribution < -0.4 is 19.7 Å². The van der Waals surface area contributed by atoms with Gasteiger partial charge in [0.15, 0.2) is 11.5 Å². The summed E-state index contributed by atoms with van der Waals surface area (Å²) >= 11 is 0. The van der Waals surface area contributed by atoms with Crippen molar-refractivity contribution in [3.63, 3.8) is 0 Å². The van der Waals surface area contributed by atoms with Gasteiger partial charge in [-0.15, -0.1) is 0 Å². The average Bonchev–Trinajstić information content (AvgIpc) is 2.88. The molecule has 3 aromatic carbocycles. The Hall–Kier alpha value is -3.75. The molecule has 0 bridgehead atoms. The molecule has 0 fully saturated rings. The lowest BCUT2D eigenvalue weighted by Gasteiger charge is -2.33. The van der Waals surface area contributed by atoms with E-state index in [-0.39, 0.29) is 5.91 Å². The standard InChI is InChI=1S/C27H28F4N2O3/c1-32-26(34)25(19-8-12-21(28)13-9-19)33(22-14-15-23(35-2)24(17-22)36-3)16-4-5-18-6-10-20(11-7-18)27(29,30)31/h6-15,17,25H,4-5,16H2,1-3H3,(H,32,34). The van der Waals surface area contributed by atoms with Crippen molar-refractivity contribution in [3.8, 4) is 11.5 Å². The first-order chi connectivity index (χ1) is 17.2. The van der Waals surface area contributed by atoms with Gasteiger partial charge in [-0.1, -0.05) is 24.3 Å². The number of nitrogens with zero attached hydrogens (tertiary/aromatic N) is 1. The van der Waals surface area contributed by atoms with Crippen molar-refractivity contribution in [2.24, 2.45) is 0 Å². The second-order valence-corrected chi connectivity index (χ2v) is 8.10. The zero-order valence-electron chi connectivity index (χ0n) is 20.2. The molecule has 0 spiro atoms. The maximum Gasteiger partial charge on any atom is 0.416 e. The summed E-state index contributed by atoms with van der Waals surface area (Å²) in [7, 11) is 4.55. The molecule has 0 aromatic heterocycles. The van der Waals surface area contributed by atoms with Crippen LogP contribution in [0.3, 0.4) is 0 Å². The number of nitrogens with one attached hydrogen (secondary N) is 1. The van der Waals surface area contributed by atoms with Crippen molar-refractivity contribution in [3.05, 3.63) is 89.2 Å². The predicted molar refractivity (Wildman–Crippen MR) is 130 cm³/mol. The van der Waals surface area contributed by atoms with E-state index in [0.717, 1.165) is 17.7 Å². The normalized spacial score (nSPS) is 12.1. The molecule has 0 saturated heterocycles. The molecule has 3 aromatic rings. The summed E-state index contributed by atoms with van der Waals surface area (Å²) in [5.74, 6) is 0.266. The lowest BCUT2D eigenvalue weighted by Crippen LogP contribution is -2.40. The van der Waals surface area contributed by atoms with E-state index in [1.807, 2.05) is 4.90 Å². The number of ether oxygens (including phenoxy) is 2. The second kappa shape index (κ2) is 11.8. The number of halogens is 4. The van der Waals surface area contributed by atoms with E-state index in [9.17, 15) is 22.4 Å². The van der Waals surface area contributed by atoms with Gasteiger partial charge in [0.25, 0.3) is 0 Å². The molecule has 0 saturated carbocycles. The smallest absolute Gasteiger partial charge is 0.416 e. The third-order valence-corrected chi connectivity index (χ3v) is 5.84. The van der Waals surface area contributed by atoms with Crippen molar-refractivity contribution in [1.82, 2.24) is 5.32 Å². The Morgan fingerprint density at radius 2 is 1.58 bits per heavy atom. The summed E-state index contributed by atoms with van der Waals surface area (Å²) in [4.78, 5) is 14.9. The van der Waals surface area contributed by atoms with Crippen molar-refractivity contribution >= 4 is 11.6 Å². The van der Waals surface area contributed by atoms with Crippen molar-refractivity contribution in [1.29, 1.82) is 0 Å². The molecule has 0 aliphatic rings. The van der Waals surface area contributed by atoms with Crippen LogP contribution in [0.4, 0.5) is 23.2 Å². The molecule has 1 amide bonds. The number of hydrogen-bond donors (Lipinski definition) is 1. The van der Waals surface area contributed by atoms with Crippen LogP contribution in [0, 0.1) is 5.82 Å². The molecule has 0 aliphatic carbocycles. The Morgan fingerprint density at radius 3 is 2.14 bits per heavy atom. The molecule has 9 heteroatoms. The number of hydrogen-bond acceptors (Lipinski definition) is 4. The van der Waals surface area contributed by atoms with E-state index < -0.39 is 23.6 Å². The predicted octanol–water partition coefficient (Wildman–Crippen LogP) is 5.79. The summed E-state index contributed by atoms with van der Waals surface area (Å²) in [5.41, 5.74) is 1.29. The third-order valence-electron chi connectivity index (χ3n) is 5.84. The molecule has 36 heavy (non-hydrogen) atoms. The largest absolute Gasteiger partial charge is 0.493 e. The minimum absolute atomic E-state index is 0.300. The van der Waals surface area contributed by atoms with E-state index >= 15 is 0 Å². The van der Waals surface area contributed by atoms with Crippen molar-refractivity contribution in [2.75, 3.05) is 32.7 Å². The van der Waals surface area contributed by atoms with Crippen molar-refractivity contribution in [2.45, 2.75) is 25.1 Å². The first kappa shape index (κ1) is 26.8. The number of aryl methyl sites for hydroxylation is 1. The SMILES string of the molecule is CNC(=O)C(c1ccc(F)cc1)N(CCCc1ccc(C(F)(F)F)cc1)c1ccc(OC)c(OC)c1. The summed E-state index contributed by atoms with van der Waals surface area (Å²) < 4.78 is 63.0. The number of likely N-dealkylation sites (N-methyl/N-ethyl adjacent to an activating group) is 1. The molecular formula is C27H28F4N2O3. The number of amides is 1. The van der Waals surface area contributed by atoms with E-state index in [1.54, 1.807) is 30.3 Å². The minimum atomic E-state index is -4.39. The van der Waals surface area contributed by atoms with Crippen LogP contribution in [0.1, 0.15) is 29.2 Å². The Bertz CT molecular complexity index is 1150. The van der Waals surface area contributed by atoms with E-state index in [1.165, 1.54) is 45.5 Å². The first-order valence-corrected chi connectivity index (χ1v) is 11.3. The topological polar surface area (TPSA) is 50.8 Å². The first-order valence-electron chi connectivity index (χ1n) is 11.3. The average molecular weight is 505 g/mol. The number of rotatable bonds is 10. The monoisotopic (exact) mass is 504 g/mol. The number of alkyl halides is 3. The summed E-state index contributed by atoms with van der Waals surface area (Å²) in [6, 6.07) is 15.2. The lowest BCUT2D eigenvalue weighted by atomic mass is 10.0. The van der Waals surface area contributed by atoms with Gasteiger partial charge in [-0.3, -0.25) is 4.79 Å². The van der Waals surface area contributed by atoms with Crippen LogP contribution in [-0.2, 0) is 17.4 Å². The fraction of sp³-hybridized carbons (Fsp3) is 0.296. The Balaban J connectivity index is 1.93. The van der Waals surface area contributed by atoms with Gasteiger partial charge in [0.1, 0.15) is 11.9 Å². The highest BCUT2D eigenvalue weighted by Gasteiger charge is 2.30. The zero-order chi connectivity index (χ0) is 26.3. The number of benzene rings is 3. The van der Waals surface area contributed by atoms with Gasteiger partial charge in [0.05, 0.1) is 19.8 Å². The summed E-state index contributed by atoms with van der Waals surface area (Å²) in [5, 5.41) is 2.67. The van der Waals surface area contributed by atoms with Gasteiger partial charge in [0, 0.05) is 25.3 Å². The Labute approximate surface area is 207 Å². The van der Waals surface area contributed by atoms with Gasteiger partial charge >= 0.3 is 6.18 Å². The highest BCUT2D eigenvalue weighted by molar-refractivity contribution is 5.86. The maximum absolute atomic E-state index is 13.6. The van der Waals surface area contributed by atoms with Crippen LogP contribution in [0.5, 0.6) is 11.5 Å². The molecule has 192 valence electrons. The lowest BCUT2D eigenvalue weighted by molar-refractivity contribution is -0.137. The van der Waals surface area contributed by atoms with Gasteiger partial charge in [-0.05, 0) is 60.4 Å². The Kier molecular flexibility index (Phi) is 8.79. The number of carbonyl (C=O) groups is 1. The number of anilines is 1. The molecule has 3 rings (SSSR count). The quantitative estimate of drug-likeness (QED) is 0.355. The van der Waals surface area contributed by atoms with E-state index in [2.05, 4.69) is 5.32 Å². The van der Waals surface area contributed by atoms with Gasteiger partial charge < -0.3 is 19.7 Å². The zero-order valence-corrected chi connectivity index (χ0v) is 20.2. The second-order valence-electron chi connectivity index (χ2n) is 8.10. The number of carbonyl (C=O) groups excluding carboxylic acids is 1. The molecular weight excluding hydrogens is 476 g/mol. The van der Waals surface area contributed by atoms with Crippen LogP contribution in [0.25, 0.3) is 0 Å². The van der Waals surface area contributed by atoms with E-state index in [0.29, 0.717) is 42.1 Å². The van der Waals surface area contributed by atoms with Gasteiger partial charge in [-0.2, -0.15) is 13.2 Å². The van der Waals surface area contributed by atoms with Gasteiger partial charge in [0.2, 0.25) is 5.91 Å². The molecule has 1 N–H and O–H groups in total. The third kappa shape index (κ3) is 6.47. The molecule has 0 radical (unpaired) electrons. The fourth-order valence-corrected chi connectivity index (χ4v) is 3.98. The fourth-order valence-electron chi connectivity index (χ4n) is 3.98. The maximum atomic E-state index is 13.6.